The van der Waals surface area contributed by atoms with E-state index in [1.165, 1.54) is 11.5 Å². The maximum atomic E-state index is 5.97. The number of aromatic nitrogens is 2. The molecule has 0 aliphatic rings. The van der Waals surface area contributed by atoms with E-state index in [-0.39, 0.29) is 0 Å². The van der Waals surface area contributed by atoms with Gasteiger partial charge in [0.05, 0.1) is 5.56 Å². The first-order valence-corrected chi connectivity index (χ1v) is 9.53. The molecule has 4 aromatic rings. The van der Waals surface area contributed by atoms with Gasteiger partial charge in [0.1, 0.15) is 30.4 Å². The van der Waals surface area contributed by atoms with Gasteiger partial charge < -0.3 is 10.5 Å². The highest BCUT2D eigenvalue weighted by atomic mass is 32.1. The molecule has 3 aromatic carbocycles. The molecular formula is C22H20N3OS+. The maximum absolute atomic E-state index is 5.97. The number of ether oxygens (including phenoxy) is 1. The van der Waals surface area contributed by atoms with Crippen molar-refractivity contribution in [3.8, 4) is 17.1 Å². The molecular weight excluding hydrogens is 354 g/mol. The quantitative estimate of drug-likeness (QED) is 0.512. The lowest BCUT2D eigenvalue weighted by Gasteiger charge is -2.07. The Morgan fingerprint density at radius 1 is 0.852 bits per heavy atom. The van der Waals surface area contributed by atoms with E-state index in [1.807, 2.05) is 60.7 Å². The van der Waals surface area contributed by atoms with Crippen LogP contribution < -0.4 is 14.4 Å². The van der Waals surface area contributed by atoms with Gasteiger partial charge in [0.25, 0.3) is 0 Å². The molecule has 0 amide bonds. The summed E-state index contributed by atoms with van der Waals surface area (Å²) in [5, 5.41) is 0.560. The fourth-order valence-corrected chi connectivity index (χ4v) is 3.68. The molecule has 0 fully saturated rings. The molecule has 27 heavy (non-hydrogen) atoms. The van der Waals surface area contributed by atoms with Crippen molar-refractivity contribution in [3.63, 3.8) is 0 Å². The minimum atomic E-state index is 0.556. The minimum Gasteiger partial charge on any atom is -0.489 e. The topological polar surface area (TPSA) is 52.0 Å². The number of nitrogen functional groups attached to an aromatic ring is 1. The van der Waals surface area contributed by atoms with Crippen LogP contribution in [0.1, 0.15) is 11.1 Å². The van der Waals surface area contributed by atoms with E-state index >= 15 is 0 Å². The molecule has 0 spiro atoms. The summed E-state index contributed by atoms with van der Waals surface area (Å²) in [7, 11) is 0. The third kappa shape index (κ3) is 4.33. The number of hydrogen-bond acceptors (Lipinski definition) is 4. The van der Waals surface area contributed by atoms with Crippen LogP contribution in [0.3, 0.4) is 0 Å². The fourth-order valence-electron chi connectivity index (χ4n) is 2.88. The van der Waals surface area contributed by atoms with Crippen LogP contribution in [0.2, 0.25) is 0 Å². The number of hydrogen-bond donors (Lipinski definition) is 1. The van der Waals surface area contributed by atoms with Crippen molar-refractivity contribution >= 4 is 16.7 Å². The molecule has 0 aliphatic heterocycles. The molecule has 0 aliphatic carbocycles. The van der Waals surface area contributed by atoms with Crippen LogP contribution in [-0.2, 0) is 13.2 Å². The molecule has 1 heterocycles. The van der Waals surface area contributed by atoms with E-state index in [0.717, 1.165) is 28.3 Å². The van der Waals surface area contributed by atoms with Gasteiger partial charge in [0.15, 0.2) is 0 Å². The maximum Gasteiger partial charge on any atom is 0.345 e. The summed E-state index contributed by atoms with van der Waals surface area (Å²) in [6.45, 7) is 1.25. The third-order valence-electron chi connectivity index (χ3n) is 4.16. The van der Waals surface area contributed by atoms with Crippen molar-refractivity contribution in [2.24, 2.45) is 0 Å². The van der Waals surface area contributed by atoms with E-state index in [2.05, 4.69) is 33.2 Å². The van der Waals surface area contributed by atoms with Gasteiger partial charge in [-0.1, -0.05) is 60.7 Å². The van der Waals surface area contributed by atoms with Crippen LogP contribution in [0.5, 0.6) is 5.75 Å². The first kappa shape index (κ1) is 17.2. The molecule has 0 saturated carbocycles. The van der Waals surface area contributed by atoms with E-state index < -0.39 is 0 Å². The predicted molar refractivity (Wildman–Crippen MR) is 108 cm³/mol. The lowest BCUT2D eigenvalue weighted by atomic mass is 10.2. The molecule has 4 rings (SSSR count). The Hall–Kier alpha value is -3.18. The van der Waals surface area contributed by atoms with Crippen molar-refractivity contribution in [2.45, 2.75) is 13.2 Å². The van der Waals surface area contributed by atoms with Crippen LogP contribution >= 0.6 is 11.5 Å². The molecule has 134 valence electrons. The number of benzene rings is 3. The molecule has 1 aromatic heterocycles. The lowest BCUT2D eigenvalue weighted by Crippen LogP contribution is -2.31. The summed E-state index contributed by atoms with van der Waals surface area (Å²) >= 11 is 1.46. The van der Waals surface area contributed by atoms with Gasteiger partial charge in [-0.15, -0.1) is 0 Å². The minimum absolute atomic E-state index is 0.556. The molecule has 0 unspecified atom stereocenters. The van der Waals surface area contributed by atoms with Crippen molar-refractivity contribution in [3.05, 3.63) is 96.1 Å². The van der Waals surface area contributed by atoms with Gasteiger partial charge in [-0.3, -0.25) is 0 Å². The summed E-state index contributed by atoms with van der Waals surface area (Å²) in [5.74, 6) is 1.74. The molecule has 0 saturated heterocycles. The van der Waals surface area contributed by atoms with Gasteiger partial charge in [0, 0.05) is 0 Å². The summed E-state index contributed by atoms with van der Waals surface area (Å²) in [6, 6.07) is 28.4. The Labute approximate surface area is 162 Å². The van der Waals surface area contributed by atoms with Crippen molar-refractivity contribution in [1.29, 1.82) is 0 Å². The normalized spacial score (nSPS) is 10.7. The highest BCUT2D eigenvalue weighted by Crippen LogP contribution is 2.20. The van der Waals surface area contributed by atoms with Crippen LogP contribution in [-0.4, -0.2) is 4.98 Å². The first-order valence-electron chi connectivity index (χ1n) is 8.76. The lowest BCUT2D eigenvalue weighted by molar-refractivity contribution is -0.610. The molecule has 0 atom stereocenters. The highest BCUT2D eigenvalue weighted by molar-refractivity contribution is 7.05. The standard InChI is InChI=1S/C22H19N3OS/c23-22-24-21(19-11-5-2-6-12-19)25(27-22)15-18-10-7-13-20(14-18)26-16-17-8-3-1-4-9-17/h1-14,23H,15-16H2/p+1. The van der Waals surface area contributed by atoms with Crippen LogP contribution in [0.4, 0.5) is 5.13 Å². The average Bonchev–Trinajstić information content (AvgIpc) is 3.08. The smallest absolute Gasteiger partial charge is 0.345 e. The summed E-state index contributed by atoms with van der Waals surface area (Å²) in [4.78, 5) is 4.50. The van der Waals surface area contributed by atoms with Crippen molar-refractivity contribution in [1.82, 2.24) is 4.98 Å². The third-order valence-corrected chi connectivity index (χ3v) is 4.96. The van der Waals surface area contributed by atoms with Crippen LogP contribution in [0.15, 0.2) is 84.9 Å². The predicted octanol–water partition coefficient (Wildman–Crippen LogP) is 4.31. The second-order valence-electron chi connectivity index (χ2n) is 6.19. The first-order chi connectivity index (χ1) is 13.3. The summed E-state index contributed by atoms with van der Waals surface area (Å²) in [5.41, 5.74) is 9.33. The Morgan fingerprint density at radius 3 is 2.33 bits per heavy atom. The Bertz CT molecular complexity index is 1020. The average molecular weight is 374 g/mol. The Kier molecular flexibility index (Phi) is 5.12. The van der Waals surface area contributed by atoms with Crippen LogP contribution in [0, 0.1) is 0 Å². The zero-order chi connectivity index (χ0) is 18.5. The Balaban J connectivity index is 1.52. The SMILES string of the molecule is Nc1nc(-c2ccccc2)[n+](Cc2cccc(OCc3ccccc3)c2)s1. The Morgan fingerprint density at radius 2 is 1.56 bits per heavy atom. The molecule has 5 heteroatoms. The van der Waals surface area contributed by atoms with E-state index in [9.17, 15) is 0 Å². The van der Waals surface area contributed by atoms with E-state index in [0.29, 0.717) is 18.3 Å². The second kappa shape index (κ2) is 8.01. The van der Waals surface area contributed by atoms with Gasteiger partial charge >= 0.3 is 11.0 Å². The number of anilines is 1. The fraction of sp³-hybridized carbons (Fsp3) is 0.0909. The zero-order valence-electron chi connectivity index (χ0n) is 14.8. The second-order valence-corrected chi connectivity index (χ2v) is 7.23. The molecule has 2 N–H and O–H groups in total. The van der Waals surface area contributed by atoms with Gasteiger partial charge in [-0.25, -0.2) is 0 Å². The van der Waals surface area contributed by atoms with Gasteiger partial charge in [0.2, 0.25) is 0 Å². The number of nitrogens with two attached hydrogens (primary N) is 1. The number of rotatable bonds is 6. The number of nitrogens with zero attached hydrogens (tertiary/aromatic N) is 2. The molecule has 4 nitrogen and oxygen atoms in total. The zero-order valence-corrected chi connectivity index (χ0v) is 15.6. The largest absolute Gasteiger partial charge is 0.489 e. The van der Waals surface area contributed by atoms with E-state index in [1.54, 1.807) is 0 Å². The molecule has 0 bridgehead atoms. The van der Waals surface area contributed by atoms with Crippen LogP contribution in [0.25, 0.3) is 11.4 Å². The van der Waals surface area contributed by atoms with Gasteiger partial charge in [-0.05, 0) is 40.4 Å². The van der Waals surface area contributed by atoms with E-state index in [4.69, 9.17) is 10.5 Å². The van der Waals surface area contributed by atoms with Crippen molar-refractivity contribution in [2.75, 3.05) is 5.73 Å². The highest BCUT2D eigenvalue weighted by Gasteiger charge is 2.21. The monoisotopic (exact) mass is 374 g/mol. The summed E-state index contributed by atoms with van der Waals surface area (Å²) < 4.78 is 8.06. The van der Waals surface area contributed by atoms with Crippen molar-refractivity contribution < 1.29 is 8.69 Å². The summed E-state index contributed by atoms with van der Waals surface area (Å²) in [6.07, 6.45) is 0. The van der Waals surface area contributed by atoms with Gasteiger partial charge in [-0.2, -0.15) is 3.96 Å². The molecule has 0 radical (unpaired) electrons.